The summed E-state index contributed by atoms with van der Waals surface area (Å²) in [5.41, 5.74) is 4.11. The van der Waals surface area contributed by atoms with E-state index < -0.39 is 0 Å². The van der Waals surface area contributed by atoms with Gasteiger partial charge in [0, 0.05) is 24.4 Å². The van der Waals surface area contributed by atoms with Crippen LogP contribution in [-0.2, 0) is 19.5 Å². The summed E-state index contributed by atoms with van der Waals surface area (Å²) in [5.74, 6) is 1.20. The van der Waals surface area contributed by atoms with Gasteiger partial charge in [-0.05, 0) is 79.3 Å². The van der Waals surface area contributed by atoms with Gasteiger partial charge in [-0.1, -0.05) is 31.2 Å². The van der Waals surface area contributed by atoms with Crippen molar-refractivity contribution < 1.29 is 9.90 Å². The molecule has 1 aliphatic carbocycles. The van der Waals surface area contributed by atoms with Gasteiger partial charge >= 0.3 is 0 Å². The van der Waals surface area contributed by atoms with Crippen molar-refractivity contribution in [2.24, 2.45) is 11.8 Å². The van der Waals surface area contributed by atoms with Crippen molar-refractivity contribution in [3.8, 4) is 11.4 Å². The van der Waals surface area contributed by atoms with E-state index in [0.29, 0.717) is 29.9 Å². The van der Waals surface area contributed by atoms with Crippen molar-refractivity contribution in [2.45, 2.75) is 59.0 Å². The first-order chi connectivity index (χ1) is 16.0. The van der Waals surface area contributed by atoms with Crippen molar-refractivity contribution in [1.29, 1.82) is 0 Å². The standard InChI is InChI=1S/C25H32N6O2/c1-3-18-5-4-6-21(12-18)14-26-25(33)23-13-22(11-17(2)27-23)24-28-30-31(29-24)15-19-7-9-20(16-32)10-8-19/h4-6,11-13,19-20,32H,3,7-10,14-16H2,1-2H3,(H,26,33)/t19-,20-. The largest absolute Gasteiger partial charge is 0.396 e. The Hall–Kier alpha value is -3.13. The second kappa shape index (κ2) is 10.7. The number of hydrogen-bond donors (Lipinski definition) is 2. The van der Waals surface area contributed by atoms with E-state index in [-0.39, 0.29) is 12.5 Å². The maximum absolute atomic E-state index is 12.8. The van der Waals surface area contributed by atoms with Gasteiger partial charge in [-0.2, -0.15) is 4.80 Å². The molecule has 0 aliphatic heterocycles. The summed E-state index contributed by atoms with van der Waals surface area (Å²) in [5, 5.41) is 25.3. The van der Waals surface area contributed by atoms with Gasteiger partial charge in [0.25, 0.3) is 5.91 Å². The average molecular weight is 449 g/mol. The van der Waals surface area contributed by atoms with Crippen LogP contribution in [-0.4, -0.2) is 42.8 Å². The van der Waals surface area contributed by atoms with Crippen LogP contribution in [0.4, 0.5) is 0 Å². The van der Waals surface area contributed by atoms with Gasteiger partial charge in [-0.25, -0.2) is 4.98 Å². The Balaban J connectivity index is 1.41. The second-order valence-corrected chi connectivity index (χ2v) is 8.98. The molecule has 1 amide bonds. The molecule has 1 fully saturated rings. The predicted octanol–water partition coefficient (Wildman–Crippen LogP) is 3.33. The van der Waals surface area contributed by atoms with E-state index in [1.54, 1.807) is 10.9 Å². The molecule has 0 radical (unpaired) electrons. The highest BCUT2D eigenvalue weighted by Crippen LogP contribution is 2.29. The Morgan fingerprint density at radius 2 is 1.88 bits per heavy atom. The maximum atomic E-state index is 12.8. The molecule has 0 unspecified atom stereocenters. The number of aliphatic hydroxyl groups is 1. The number of hydrogen-bond acceptors (Lipinski definition) is 6. The van der Waals surface area contributed by atoms with Gasteiger partial charge in [-0.15, -0.1) is 10.2 Å². The number of rotatable bonds is 8. The van der Waals surface area contributed by atoms with Crippen LogP contribution in [0.25, 0.3) is 11.4 Å². The fourth-order valence-corrected chi connectivity index (χ4v) is 4.41. The van der Waals surface area contributed by atoms with E-state index in [9.17, 15) is 9.90 Å². The fraction of sp³-hybridized carbons (Fsp3) is 0.480. The quantitative estimate of drug-likeness (QED) is 0.548. The van der Waals surface area contributed by atoms with Crippen LogP contribution < -0.4 is 5.32 Å². The highest BCUT2D eigenvalue weighted by atomic mass is 16.3. The smallest absolute Gasteiger partial charge is 0.270 e. The molecule has 1 aromatic carbocycles. The number of aromatic nitrogens is 5. The number of nitrogens with zero attached hydrogens (tertiary/aromatic N) is 5. The molecule has 3 aromatic rings. The molecule has 8 nitrogen and oxygen atoms in total. The first-order valence-corrected chi connectivity index (χ1v) is 11.8. The minimum atomic E-state index is -0.227. The Kier molecular flexibility index (Phi) is 7.44. The molecule has 4 rings (SSSR count). The first kappa shape index (κ1) is 23.0. The summed E-state index contributed by atoms with van der Waals surface area (Å²) in [7, 11) is 0. The van der Waals surface area contributed by atoms with Crippen molar-refractivity contribution in [3.05, 3.63) is 58.9 Å². The highest BCUT2D eigenvalue weighted by Gasteiger charge is 2.22. The molecule has 0 bridgehead atoms. The van der Waals surface area contributed by atoms with E-state index in [1.807, 2.05) is 25.1 Å². The molecule has 0 spiro atoms. The predicted molar refractivity (Wildman–Crippen MR) is 125 cm³/mol. The fourth-order valence-electron chi connectivity index (χ4n) is 4.41. The number of carbonyl (C=O) groups excluding carboxylic acids is 1. The van der Waals surface area contributed by atoms with Crippen LogP contribution in [0, 0.1) is 18.8 Å². The summed E-state index contributed by atoms with van der Waals surface area (Å²) in [6.45, 7) is 5.42. The summed E-state index contributed by atoms with van der Waals surface area (Å²) in [4.78, 5) is 18.8. The van der Waals surface area contributed by atoms with Crippen LogP contribution in [0.15, 0.2) is 36.4 Å². The summed E-state index contributed by atoms with van der Waals surface area (Å²) in [6, 6.07) is 11.8. The number of pyridine rings is 1. The number of benzene rings is 1. The maximum Gasteiger partial charge on any atom is 0.270 e. The van der Waals surface area contributed by atoms with Crippen LogP contribution in [0.5, 0.6) is 0 Å². The molecule has 0 atom stereocenters. The van der Waals surface area contributed by atoms with Gasteiger partial charge in [-0.3, -0.25) is 4.79 Å². The van der Waals surface area contributed by atoms with Crippen molar-refractivity contribution in [3.63, 3.8) is 0 Å². The number of nitrogens with one attached hydrogen (secondary N) is 1. The number of tetrazole rings is 1. The minimum absolute atomic E-state index is 0.227. The number of aliphatic hydroxyl groups excluding tert-OH is 1. The third-order valence-electron chi connectivity index (χ3n) is 6.40. The summed E-state index contributed by atoms with van der Waals surface area (Å²) in [6.07, 6.45) is 5.20. The molecular weight excluding hydrogens is 416 g/mol. The van der Waals surface area contributed by atoms with Crippen molar-refractivity contribution >= 4 is 5.91 Å². The van der Waals surface area contributed by atoms with E-state index in [1.165, 1.54) is 5.56 Å². The molecule has 0 saturated heterocycles. The molecule has 2 N–H and O–H groups in total. The second-order valence-electron chi connectivity index (χ2n) is 8.98. The normalized spacial score (nSPS) is 18.3. The number of aryl methyl sites for hydroxylation is 2. The van der Waals surface area contributed by atoms with E-state index in [2.05, 4.69) is 44.8 Å². The zero-order valence-corrected chi connectivity index (χ0v) is 19.4. The lowest BCUT2D eigenvalue weighted by molar-refractivity contribution is 0.0945. The van der Waals surface area contributed by atoms with Crippen LogP contribution in [0.1, 0.15) is 59.9 Å². The first-order valence-electron chi connectivity index (χ1n) is 11.8. The Morgan fingerprint density at radius 1 is 1.12 bits per heavy atom. The molecule has 33 heavy (non-hydrogen) atoms. The van der Waals surface area contributed by atoms with Gasteiger partial charge < -0.3 is 10.4 Å². The lowest BCUT2D eigenvalue weighted by atomic mass is 9.82. The topological polar surface area (TPSA) is 106 Å². The number of carbonyl (C=O) groups is 1. The number of amides is 1. The minimum Gasteiger partial charge on any atom is -0.396 e. The zero-order valence-electron chi connectivity index (χ0n) is 19.4. The third kappa shape index (κ3) is 6.01. The molecule has 1 saturated carbocycles. The lowest BCUT2D eigenvalue weighted by Gasteiger charge is -2.26. The third-order valence-corrected chi connectivity index (χ3v) is 6.40. The van der Waals surface area contributed by atoms with Gasteiger partial charge in [0.2, 0.25) is 5.82 Å². The Morgan fingerprint density at radius 3 is 2.64 bits per heavy atom. The summed E-state index contributed by atoms with van der Waals surface area (Å²) >= 11 is 0. The molecular formula is C25H32N6O2. The van der Waals surface area contributed by atoms with Crippen LogP contribution in [0.2, 0.25) is 0 Å². The molecule has 1 aliphatic rings. The summed E-state index contributed by atoms with van der Waals surface area (Å²) < 4.78 is 0. The highest BCUT2D eigenvalue weighted by molar-refractivity contribution is 5.93. The monoisotopic (exact) mass is 448 g/mol. The zero-order chi connectivity index (χ0) is 23.2. The van der Waals surface area contributed by atoms with Crippen molar-refractivity contribution in [1.82, 2.24) is 30.5 Å². The van der Waals surface area contributed by atoms with E-state index >= 15 is 0 Å². The van der Waals surface area contributed by atoms with Gasteiger partial charge in [0.1, 0.15) is 5.69 Å². The van der Waals surface area contributed by atoms with Crippen molar-refractivity contribution in [2.75, 3.05) is 6.61 Å². The van der Waals surface area contributed by atoms with Gasteiger partial charge in [0.05, 0.1) is 6.54 Å². The SMILES string of the molecule is CCc1cccc(CNC(=O)c2cc(-c3nnn(C[C@H]4CC[C@H](CO)CC4)n3)cc(C)n2)c1. The molecule has 2 aromatic heterocycles. The van der Waals surface area contributed by atoms with Gasteiger partial charge in [0.15, 0.2) is 0 Å². The van der Waals surface area contributed by atoms with E-state index in [4.69, 9.17) is 0 Å². The Bertz CT molecular complexity index is 1090. The molecule has 2 heterocycles. The molecule has 174 valence electrons. The van der Waals surface area contributed by atoms with Crippen LogP contribution >= 0.6 is 0 Å². The lowest BCUT2D eigenvalue weighted by Crippen LogP contribution is -2.24. The van der Waals surface area contributed by atoms with Crippen LogP contribution in [0.3, 0.4) is 0 Å². The Labute approximate surface area is 194 Å². The molecule has 8 heteroatoms. The van der Waals surface area contributed by atoms with E-state index in [0.717, 1.165) is 55.5 Å². The average Bonchev–Trinajstić information content (AvgIpc) is 3.31.